The molecule has 2 heteroatoms. The van der Waals surface area contributed by atoms with E-state index in [1.165, 1.54) is 18.1 Å². The Labute approximate surface area is 104 Å². The Kier molecular flexibility index (Phi) is 5.47. The van der Waals surface area contributed by atoms with Crippen LogP contribution in [0, 0.1) is 0 Å². The van der Waals surface area contributed by atoms with Crippen molar-refractivity contribution < 1.29 is 4.79 Å². The summed E-state index contributed by atoms with van der Waals surface area (Å²) in [6.07, 6.45) is 5.06. The van der Waals surface area contributed by atoms with E-state index in [4.69, 9.17) is 0 Å². The lowest BCUT2D eigenvalue weighted by molar-refractivity contribution is -0.118. The fourth-order valence-corrected chi connectivity index (χ4v) is 1.57. The highest BCUT2D eigenvalue weighted by molar-refractivity contribution is 5.72. The Bertz CT molecular complexity index is 394. The van der Waals surface area contributed by atoms with Crippen molar-refractivity contribution in [2.75, 3.05) is 6.54 Å². The van der Waals surface area contributed by atoms with Crippen LogP contribution >= 0.6 is 0 Å². The van der Waals surface area contributed by atoms with Gasteiger partial charge in [0.2, 0.25) is 5.91 Å². The zero-order chi connectivity index (χ0) is 12.7. The minimum absolute atomic E-state index is 0.0280. The van der Waals surface area contributed by atoms with E-state index in [1.54, 1.807) is 0 Å². The molecule has 0 bridgehead atoms. The number of hydrogen-bond acceptors (Lipinski definition) is 1. The summed E-state index contributed by atoms with van der Waals surface area (Å²) in [5.74, 6) is 0.586. The predicted molar refractivity (Wildman–Crippen MR) is 72.9 cm³/mol. The van der Waals surface area contributed by atoms with Gasteiger partial charge in [-0.25, -0.2) is 0 Å². The number of nitrogens with one attached hydrogen (secondary N) is 1. The van der Waals surface area contributed by atoms with E-state index in [0.717, 1.165) is 6.42 Å². The minimum atomic E-state index is 0.0280. The quantitative estimate of drug-likeness (QED) is 0.774. The van der Waals surface area contributed by atoms with Crippen LogP contribution in [0.4, 0.5) is 0 Å². The van der Waals surface area contributed by atoms with Gasteiger partial charge in [-0.15, -0.1) is 0 Å². The van der Waals surface area contributed by atoms with E-state index in [1.807, 2.05) is 0 Å². The minimum Gasteiger partial charge on any atom is -0.356 e. The molecule has 92 valence electrons. The largest absolute Gasteiger partial charge is 0.356 e. The molecule has 1 aromatic carbocycles. The van der Waals surface area contributed by atoms with Crippen LogP contribution in [0.3, 0.4) is 0 Å². The molecule has 0 aliphatic heterocycles. The first-order valence-corrected chi connectivity index (χ1v) is 6.10. The van der Waals surface area contributed by atoms with Crippen LogP contribution < -0.4 is 5.32 Å². The lowest BCUT2D eigenvalue weighted by atomic mass is 10.0. The van der Waals surface area contributed by atoms with Crippen LogP contribution in [-0.2, 0) is 4.79 Å². The maximum Gasteiger partial charge on any atom is 0.216 e. The third-order valence-corrected chi connectivity index (χ3v) is 2.57. The second kappa shape index (κ2) is 6.89. The second-order valence-corrected chi connectivity index (χ2v) is 4.50. The van der Waals surface area contributed by atoms with Crippen molar-refractivity contribution in [2.45, 2.75) is 33.1 Å². The lowest BCUT2D eigenvalue weighted by Gasteiger charge is -2.05. The van der Waals surface area contributed by atoms with Crippen molar-refractivity contribution in [3.63, 3.8) is 0 Å². The second-order valence-electron chi connectivity index (χ2n) is 4.50. The van der Waals surface area contributed by atoms with Gasteiger partial charge in [-0.05, 0) is 23.5 Å². The Balaban J connectivity index is 2.48. The monoisotopic (exact) mass is 231 g/mol. The number of benzene rings is 1. The molecule has 0 aliphatic carbocycles. The summed E-state index contributed by atoms with van der Waals surface area (Å²) >= 11 is 0. The lowest BCUT2D eigenvalue weighted by Crippen LogP contribution is -2.20. The predicted octanol–water partition coefficient (Wildman–Crippen LogP) is 3.35. The van der Waals surface area contributed by atoms with Gasteiger partial charge in [0.15, 0.2) is 0 Å². The van der Waals surface area contributed by atoms with E-state index in [9.17, 15) is 4.79 Å². The molecule has 1 amide bonds. The molecule has 17 heavy (non-hydrogen) atoms. The first-order valence-electron chi connectivity index (χ1n) is 6.10. The van der Waals surface area contributed by atoms with Crippen molar-refractivity contribution in [1.82, 2.24) is 5.32 Å². The molecule has 0 saturated heterocycles. The van der Waals surface area contributed by atoms with E-state index in [-0.39, 0.29) is 5.91 Å². The zero-order valence-electron chi connectivity index (χ0n) is 10.9. The molecule has 0 radical (unpaired) electrons. The number of carbonyl (C=O) groups is 1. The summed E-state index contributed by atoms with van der Waals surface area (Å²) in [7, 11) is 0. The van der Waals surface area contributed by atoms with E-state index in [2.05, 4.69) is 55.6 Å². The first-order chi connectivity index (χ1) is 8.09. The third kappa shape index (κ3) is 5.34. The number of hydrogen-bond donors (Lipinski definition) is 1. The van der Waals surface area contributed by atoms with Crippen molar-refractivity contribution in [2.24, 2.45) is 0 Å². The van der Waals surface area contributed by atoms with Crippen LogP contribution in [0.5, 0.6) is 0 Å². The molecule has 0 fully saturated rings. The Morgan fingerprint density at radius 2 is 2.18 bits per heavy atom. The smallest absolute Gasteiger partial charge is 0.216 e. The van der Waals surface area contributed by atoms with Crippen LogP contribution in [0.25, 0.3) is 6.08 Å². The molecule has 0 heterocycles. The van der Waals surface area contributed by atoms with E-state index >= 15 is 0 Å². The molecule has 0 atom stereocenters. The molecule has 0 spiro atoms. The number of amides is 1. The van der Waals surface area contributed by atoms with Gasteiger partial charge in [-0.1, -0.05) is 50.3 Å². The van der Waals surface area contributed by atoms with Gasteiger partial charge in [0.05, 0.1) is 0 Å². The SMILES string of the molecule is CC(=O)NCCC=Cc1cccc(C(C)C)c1. The summed E-state index contributed by atoms with van der Waals surface area (Å²) in [5, 5.41) is 2.77. The van der Waals surface area contributed by atoms with Crippen LogP contribution in [0.15, 0.2) is 30.3 Å². The van der Waals surface area contributed by atoms with Gasteiger partial charge in [0.1, 0.15) is 0 Å². The zero-order valence-corrected chi connectivity index (χ0v) is 10.9. The van der Waals surface area contributed by atoms with Gasteiger partial charge >= 0.3 is 0 Å². The maximum absolute atomic E-state index is 10.7. The number of carbonyl (C=O) groups excluding carboxylic acids is 1. The molecule has 1 N–H and O–H groups in total. The average molecular weight is 231 g/mol. The van der Waals surface area contributed by atoms with Crippen molar-refractivity contribution in [3.05, 3.63) is 41.5 Å². The first kappa shape index (κ1) is 13.5. The van der Waals surface area contributed by atoms with Gasteiger partial charge in [-0.2, -0.15) is 0 Å². The molecule has 0 saturated carbocycles. The maximum atomic E-state index is 10.7. The Morgan fingerprint density at radius 1 is 1.41 bits per heavy atom. The molecule has 0 unspecified atom stereocenters. The molecule has 1 aromatic rings. The van der Waals surface area contributed by atoms with Crippen LogP contribution in [-0.4, -0.2) is 12.5 Å². The fourth-order valence-electron chi connectivity index (χ4n) is 1.57. The number of rotatable bonds is 5. The summed E-state index contributed by atoms with van der Waals surface area (Å²) in [4.78, 5) is 10.7. The highest BCUT2D eigenvalue weighted by Gasteiger charge is 1.97. The van der Waals surface area contributed by atoms with Crippen LogP contribution in [0.1, 0.15) is 44.2 Å². The molecule has 2 nitrogen and oxygen atoms in total. The highest BCUT2D eigenvalue weighted by Crippen LogP contribution is 2.16. The van der Waals surface area contributed by atoms with Gasteiger partial charge in [0, 0.05) is 13.5 Å². The van der Waals surface area contributed by atoms with E-state index in [0.29, 0.717) is 12.5 Å². The van der Waals surface area contributed by atoms with E-state index < -0.39 is 0 Å². The topological polar surface area (TPSA) is 29.1 Å². The summed E-state index contributed by atoms with van der Waals surface area (Å²) in [6.45, 7) is 6.63. The molecular formula is C15H21NO. The summed E-state index contributed by atoms with van der Waals surface area (Å²) < 4.78 is 0. The van der Waals surface area contributed by atoms with Crippen molar-refractivity contribution >= 4 is 12.0 Å². The van der Waals surface area contributed by atoms with Crippen molar-refractivity contribution in [1.29, 1.82) is 0 Å². The molecule has 0 aromatic heterocycles. The third-order valence-electron chi connectivity index (χ3n) is 2.57. The molecule has 1 rings (SSSR count). The van der Waals surface area contributed by atoms with Crippen LogP contribution in [0.2, 0.25) is 0 Å². The highest BCUT2D eigenvalue weighted by atomic mass is 16.1. The van der Waals surface area contributed by atoms with Gasteiger partial charge < -0.3 is 5.32 Å². The normalized spacial score (nSPS) is 11.1. The Morgan fingerprint density at radius 3 is 2.82 bits per heavy atom. The summed E-state index contributed by atoms with van der Waals surface area (Å²) in [6, 6.07) is 8.54. The Hall–Kier alpha value is -1.57. The average Bonchev–Trinajstić information content (AvgIpc) is 2.28. The molecule has 0 aliphatic rings. The molecular weight excluding hydrogens is 210 g/mol. The van der Waals surface area contributed by atoms with Gasteiger partial charge in [0.25, 0.3) is 0 Å². The fraction of sp³-hybridized carbons (Fsp3) is 0.400. The van der Waals surface area contributed by atoms with Gasteiger partial charge in [-0.3, -0.25) is 4.79 Å². The summed E-state index contributed by atoms with van der Waals surface area (Å²) in [5.41, 5.74) is 2.58. The standard InChI is InChI=1S/C15H21NO/c1-12(2)15-9-6-8-14(11-15)7-4-5-10-16-13(3)17/h4,6-9,11-12H,5,10H2,1-3H3,(H,16,17). The van der Waals surface area contributed by atoms with Crippen molar-refractivity contribution in [3.8, 4) is 0 Å².